The van der Waals surface area contributed by atoms with Crippen LogP contribution in [0.15, 0.2) is 108 Å². The van der Waals surface area contributed by atoms with Gasteiger partial charge in [-0.1, -0.05) is 60.7 Å². The Bertz CT molecular complexity index is 1790. The van der Waals surface area contributed by atoms with Crippen LogP contribution in [0.4, 0.5) is 5.69 Å². The van der Waals surface area contributed by atoms with Gasteiger partial charge in [0.25, 0.3) is 10.0 Å². The highest BCUT2D eigenvalue weighted by Crippen LogP contribution is 2.34. The van der Waals surface area contributed by atoms with Crippen molar-refractivity contribution in [2.75, 3.05) is 32.2 Å². The van der Waals surface area contributed by atoms with E-state index in [1.165, 1.54) is 37.3 Å². The van der Waals surface area contributed by atoms with Crippen LogP contribution in [0.5, 0.6) is 17.2 Å². The zero-order valence-electron chi connectivity index (χ0n) is 28.2. The van der Waals surface area contributed by atoms with E-state index in [4.69, 9.17) is 14.2 Å². The number of ether oxygens (including phenoxy) is 3. The van der Waals surface area contributed by atoms with Crippen LogP contribution < -0.4 is 23.8 Å². The molecule has 0 saturated heterocycles. The first kappa shape index (κ1) is 35.8. The molecule has 0 radical (unpaired) electrons. The second-order valence-electron chi connectivity index (χ2n) is 12.2. The van der Waals surface area contributed by atoms with Gasteiger partial charge in [-0.2, -0.15) is 0 Å². The summed E-state index contributed by atoms with van der Waals surface area (Å²) in [7, 11) is 0.195. The normalized spacial score (nSPS) is 12.0. The number of rotatable bonds is 14. The van der Waals surface area contributed by atoms with E-state index in [2.05, 4.69) is 5.32 Å². The molecule has 1 atom stereocenters. The lowest BCUT2D eigenvalue weighted by atomic mass is 10.0. The van der Waals surface area contributed by atoms with Gasteiger partial charge in [-0.05, 0) is 68.3 Å². The average molecular weight is 674 g/mol. The molecule has 254 valence electrons. The second kappa shape index (κ2) is 15.7. The van der Waals surface area contributed by atoms with E-state index in [0.717, 1.165) is 9.87 Å². The molecular formula is C37H43N3O7S. The predicted molar refractivity (Wildman–Crippen MR) is 186 cm³/mol. The molecule has 0 aromatic heterocycles. The molecule has 0 aliphatic rings. The monoisotopic (exact) mass is 673 g/mol. The minimum absolute atomic E-state index is 0.00163. The van der Waals surface area contributed by atoms with Crippen LogP contribution in [-0.4, -0.2) is 64.6 Å². The first-order chi connectivity index (χ1) is 22.9. The van der Waals surface area contributed by atoms with Gasteiger partial charge in [0.15, 0.2) is 11.5 Å². The lowest BCUT2D eigenvalue weighted by Gasteiger charge is -2.35. The van der Waals surface area contributed by atoms with Gasteiger partial charge in [-0.15, -0.1) is 0 Å². The van der Waals surface area contributed by atoms with Crippen LogP contribution in [-0.2, 0) is 32.6 Å². The third kappa shape index (κ3) is 9.07. The van der Waals surface area contributed by atoms with E-state index in [1.807, 2.05) is 57.2 Å². The summed E-state index contributed by atoms with van der Waals surface area (Å²) in [6, 6.07) is 28.1. The molecule has 4 aromatic carbocycles. The molecule has 1 N–H and O–H groups in total. The Morgan fingerprint density at radius 3 is 1.98 bits per heavy atom. The summed E-state index contributed by atoms with van der Waals surface area (Å²) in [5, 5.41) is 3.03. The number of hydrogen-bond acceptors (Lipinski definition) is 7. The first-order valence-electron chi connectivity index (χ1n) is 15.4. The highest BCUT2D eigenvalue weighted by Gasteiger charge is 2.36. The number of anilines is 1. The minimum Gasteiger partial charge on any atom is -0.497 e. The molecule has 0 aliphatic carbocycles. The van der Waals surface area contributed by atoms with E-state index in [-0.39, 0.29) is 35.2 Å². The lowest BCUT2D eigenvalue weighted by Crippen LogP contribution is -2.56. The van der Waals surface area contributed by atoms with Crippen LogP contribution in [0, 0.1) is 0 Å². The summed E-state index contributed by atoms with van der Waals surface area (Å²) in [5.41, 5.74) is 1.13. The molecule has 11 heteroatoms. The maximum absolute atomic E-state index is 14.7. The molecule has 0 bridgehead atoms. The zero-order valence-corrected chi connectivity index (χ0v) is 29.0. The van der Waals surface area contributed by atoms with E-state index >= 15 is 0 Å². The molecule has 0 spiro atoms. The van der Waals surface area contributed by atoms with Crippen LogP contribution in [0.1, 0.15) is 31.9 Å². The van der Waals surface area contributed by atoms with Gasteiger partial charge in [0.1, 0.15) is 18.3 Å². The summed E-state index contributed by atoms with van der Waals surface area (Å²) < 4.78 is 45.8. The number of benzene rings is 4. The number of carbonyl (C=O) groups is 2. The summed E-state index contributed by atoms with van der Waals surface area (Å²) in [4.78, 5) is 30.2. The molecule has 0 fully saturated rings. The van der Waals surface area contributed by atoms with E-state index in [0.29, 0.717) is 17.1 Å². The van der Waals surface area contributed by atoms with Crippen LogP contribution >= 0.6 is 0 Å². The molecule has 4 rings (SSSR count). The highest BCUT2D eigenvalue weighted by atomic mass is 32.2. The predicted octanol–water partition coefficient (Wildman–Crippen LogP) is 5.46. The van der Waals surface area contributed by atoms with Crippen molar-refractivity contribution in [1.29, 1.82) is 0 Å². The Morgan fingerprint density at radius 1 is 0.750 bits per heavy atom. The number of nitrogens with one attached hydrogen (secondary N) is 1. The number of nitrogens with zero attached hydrogens (tertiary/aromatic N) is 2. The van der Waals surface area contributed by atoms with Gasteiger partial charge in [0.2, 0.25) is 11.8 Å². The van der Waals surface area contributed by atoms with Crippen molar-refractivity contribution >= 4 is 27.5 Å². The molecular weight excluding hydrogens is 630 g/mol. The number of sulfonamides is 1. The van der Waals surface area contributed by atoms with Crippen molar-refractivity contribution in [1.82, 2.24) is 10.2 Å². The fraction of sp³-hybridized carbons (Fsp3) is 0.297. The van der Waals surface area contributed by atoms with Crippen LogP contribution in [0.3, 0.4) is 0 Å². The molecule has 0 saturated carbocycles. The maximum Gasteiger partial charge on any atom is 0.264 e. The highest BCUT2D eigenvalue weighted by molar-refractivity contribution is 7.92. The number of carbonyl (C=O) groups excluding carboxylic acids is 2. The summed E-state index contributed by atoms with van der Waals surface area (Å²) in [6.45, 7) is 5.00. The SMILES string of the molecule is COc1cccc(CN(C(=O)CN(c2ccc(OC)c(OC)c2)S(=O)(=O)c2ccccc2)[C@H](Cc2ccccc2)C(=O)NC(C)(C)C)c1. The second-order valence-corrected chi connectivity index (χ2v) is 14.0. The molecule has 0 heterocycles. The largest absolute Gasteiger partial charge is 0.497 e. The summed E-state index contributed by atoms with van der Waals surface area (Å²) >= 11 is 0. The van der Waals surface area contributed by atoms with Gasteiger partial charge < -0.3 is 24.4 Å². The number of hydrogen-bond donors (Lipinski definition) is 1. The van der Waals surface area contributed by atoms with Crippen molar-refractivity contribution in [3.63, 3.8) is 0 Å². The zero-order chi connectivity index (χ0) is 34.9. The smallest absolute Gasteiger partial charge is 0.264 e. The minimum atomic E-state index is -4.28. The van der Waals surface area contributed by atoms with Crippen molar-refractivity contribution in [3.8, 4) is 17.2 Å². The van der Waals surface area contributed by atoms with E-state index in [9.17, 15) is 18.0 Å². The summed E-state index contributed by atoms with van der Waals surface area (Å²) in [6.07, 6.45) is 0.195. The Labute approximate surface area is 283 Å². The molecule has 2 amide bonds. The van der Waals surface area contributed by atoms with Crippen molar-refractivity contribution in [2.24, 2.45) is 0 Å². The van der Waals surface area contributed by atoms with Crippen LogP contribution in [0.2, 0.25) is 0 Å². The van der Waals surface area contributed by atoms with Crippen molar-refractivity contribution in [2.45, 2.75) is 50.2 Å². The molecule has 0 aliphatic heterocycles. The molecule has 10 nitrogen and oxygen atoms in total. The van der Waals surface area contributed by atoms with Gasteiger partial charge in [-0.25, -0.2) is 8.42 Å². The van der Waals surface area contributed by atoms with Crippen LogP contribution in [0.25, 0.3) is 0 Å². The van der Waals surface area contributed by atoms with Crippen molar-refractivity contribution in [3.05, 3.63) is 114 Å². The van der Waals surface area contributed by atoms with Gasteiger partial charge in [0.05, 0.1) is 31.9 Å². The fourth-order valence-electron chi connectivity index (χ4n) is 5.20. The Morgan fingerprint density at radius 2 is 1.38 bits per heavy atom. The Hall–Kier alpha value is -5.03. The van der Waals surface area contributed by atoms with Gasteiger partial charge in [0, 0.05) is 24.6 Å². The Balaban J connectivity index is 1.86. The van der Waals surface area contributed by atoms with Crippen molar-refractivity contribution < 1.29 is 32.2 Å². The van der Waals surface area contributed by atoms with E-state index in [1.54, 1.807) is 55.6 Å². The Kier molecular flexibility index (Phi) is 11.7. The fourth-order valence-corrected chi connectivity index (χ4v) is 6.63. The molecule has 48 heavy (non-hydrogen) atoms. The lowest BCUT2D eigenvalue weighted by molar-refractivity contribution is -0.140. The average Bonchev–Trinajstić information content (AvgIpc) is 3.08. The maximum atomic E-state index is 14.7. The third-order valence-corrected chi connectivity index (χ3v) is 9.31. The third-order valence-electron chi connectivity index (χ3n) is 7.52. The van der Waals surface area contributed by atoms with E-state index < -0.39 is 34.1 Å². The quantitative estimate of drug-likeness (QED) is 0.189. The topological polar surface area (TPSA) is 114 Å². The van der Waals surface area contributed by atoms with Gasteiger partial charge >= 0.3 is 0 Å². The van der Waals surface area contributed by atoms with Gasteiger partial charge in [-0.3, -0.25) is 13.9 Å². The number of methoxy groups -OCH3 is 3. The summed E-state index contributed by atoms with van der Waals surface area (Å²) in [5.74, 6) is 0.307. The first-order valence-corrected chi connectivity index (χ1v) is 16.9. The molecule has 4 aromatic rings. The standard InChI is InChI=1S/C37H43N3O7S/c1-37(2,3)38-36(42)32(23-27-14-9-7-10-15-27)39(25-28-16-13-17-30(22-28)45-4)35(41)26-40(48(43,44)31-18-11-8-12-19-31)29-20-21-33(46-5)34(24-29)47-6/h7-22,24,32H,23,25-26H2,1-6H3,(H,38,42)/t32-/m1/s1. The molecule has 0 unspecified atom stereocenters. The number of amides is 2.